The Balaban J connectivity index is 2.15. The predicted octanol–water partition coefficient (Wildman–Crippen LogP) is 1.32. The van der Waals surface area contributed by atoms with E-state index in [-0.39, 0.29) is 17.3 Å². The van der Waals surface area contributed by atoms with Crippen molar-refractivity contribution in [2.45, 2.75) is 18.4 Å². The Morgan fingerprint density at radius 1 is 1.59 bits per heavy atom. The molecule has 1 aromatic carbocycles. The van der Waals surface area contributed by atoms with Crippen LogP contribution in [0.3, 0.4) is 0 Å². The molecular weight excluding hydrogens is 221 g/mol. The van der Waals surface area contributed by atoms with Gasteiger partial charge in [0.1, 0.15) is 11.3 Å². The minimum Gasteiger partial charge on any atom is -0.379 e. The summed E-state index contributed by atoms with van der Waals surface area (Å²) in [5.41, 5.74) is 6.72. The molecule has 0 spiro atoms. The number of fused-ring (bicyclic) bond motifs is 1. The average molecular weight is 235 g/mol. The van der Waals surface area contributed by atoms with Crippen molar-refractivity contribution in [3.8, 4) is 0 Å². The molecule has 2 aromatic rings. The molecule has 1 aliphatic rings. The normalized spacial score (nSPS) is 29.0. The van der Waals surface area contributed by atoms with E-state index in [1.165, 1.54) is 6.07 Å². The van der Waals surface area contributed by atoms with Gasteiger partial charge in [-0.3, -0.25) is 0 Å². The first-order valence-electron chi connectivity index (χ1n) is 5.59. The maximum atomic E-state index is 13.6. The van der Waals surface area contributed by atoms with E-state index in [0.29, 0.717) is 30.1 Å². The van der Waals surface area contributed by atoms with Crippen molar-refractivity contribution in [1.82, 2.24) is 9.97 Å². The van der Waals surface area contributed by atoms with E-state index in [1.807, 2.05) is 6.92 Å². The smallest absolute Gasteiger partial charge is 0.151 e. The lowest BCUT2D eigenvalue weighted by molar-refractivity contribution is 0.178. The van der Waals surface area contributed by atoms with Crippen LogP contribution < -0.4 is 5.73 Å². The molecule has 3 N–H and O–H groups in total. The molecule has 3 rings (SSSR count). The summed E-state index contributed by atoms with van der Waals surface area (Å²) in [6.45, 7) is 3.01. The molecule has 17 heavy (non-hydrogen) atoms. The highest BCUT2D eigenvalue weighted by molar-refractivity contribution is 5.75. The van der Waals surface area contributed by atoms with Crippen LogP contribution in [0.4, 0.5) is 4.39 Å². The van der Waals surface area contributed by atoms with Gasteiger partial charge in [0.05, 0.1) is 24.1 Å². The highest BCUT2D eigenvalue weighted by atomic mass is 19.1. The van der Waals surface area contributed by atoms with Gasteiger partial charge >= 0.3 is 0 Å². The molecule has 90 valence electrons. The molecule has 0 saturated carbocycles. The van der Waals surface area contributed by atoms with Crippen molar-refractivity contribution in [1.29, 1.82) is 0 Å². The number of ether oxygens (including phenoxy) is 1. The molecule has 0 radical (unpaired) electrons. The zero-order chi connectivity index (χ0) is 12.0. The zero-order valence-corrected chi connectivity index (χ0v) is 9.53. The molecule has 1 saturated heterocycles. The number of nitrogens with one attached hydrogen (secondary N) is 1. The molecule has 2 atom stereocenters. The Labute approximate surface area is 98.0 Å². The predicted molar refractivity (Wildman–Crippen MR) is 62.2 cm³/mol. The molecule has 5 heteroatoms. The molecule has 1 aromatic heterocycles. The number of para-hydroxylation sites is 1. The van der Waals surface area contributed by atoms with Gasteiger partial charge in [0, 0.05) is 6.04 Å². The molecule has 4 nitrogen and oxygen atoms in total. The topological polar surface area (TPSA) is 63.9 Å². The lowest BCUT2D eigenvalue weighted by Gasteiger charge is -2.23. The zero-order valence-electron chi connectivity index (χ0n) is 9.53. The first kappa shape index (κ1) is 10.7. The monoisotopic (exact) mass is 235 g/mol. The second-order valence-electron chi connectivity index (χ2n) is 4.76. The third kappa shape index (κ3) is 1.46. The lowest BCUT2D eigenvalue weighted by Crippen LogP contribution is -2.42. The van der Waals surface area contributed by atoms with Crippen LogP contribution in [0.5, 0.6) is 0 Å². The lowest BCUT2D eigenvalue weighted by atomic mass is 9.85. The van der Waals surface area contributed by atoms with Crippen molar-refractivity contribution in [3.05, 3.63) is 29.8 Å². The third-order valence-corrected chi connectivity index (χ3v) is 3.52. The minimum atomic E-state index is -0.370. The van der Waals surface area contributed by atoms with Gasteiger partial charge in [-0.05, 0) is 19.1 Å². The Morgan fingerprint density at radius 2 is 2.41 bits per heavy atom. The Hall–Kier alpha value is -1.46. The highest BCUT2D eigenvalue weighted by Gasteiger charge is 2.41. The van der Waals surface area contributed by atoms with Crippen molar-refractivity contribution in [3.63, 3.8) is 0 Å². The van der Waals surface area contributed by atoms with Gasteiger partial charge in [0.15, 0.2) is 5.82 Å². The summed E-state index contributed by atoms with van der Waals surface area (Å²) in [5.74, 6) is 0.378. The molecule has 1 fully saturated rings. The van der Waals surface area contributed by atoms with Crippen LogP contribution in [0.15, 0.2) is 18.2 Å². The van der Waals surface area contributed by atoms with Gasteiger partial charge in [0.2, 0.25) is 0 Å². The Morgan fingerprint density at radius 3 is 3.06 bits per heavy atom. The third-order valence-electron chi connectivity index (χ3n) is 3.52. The van der Waals surface area contributed by atoms with E-state index < -0.39 is 0 Å². The number of halogens is 1. The number of hydrogen-bond donors (Lipinski definition) is 2. The van der Waals surface area contributed by atoms with Gasteiger partial charge < -0.3 is 15.5 Å². The molecule has 1 aliphatic heterocycles. The number of imidazole rings is 1. The minimum absolute atomic E-state index is 0.119. The van der Waals surface area contributed by atoms with Crippen molar-refractivity contribution < 1.29 is 9.13 Å². The molecule has 2 unspecified atom stereocenters. The van der Waals surface area contributed by atoms with Crippen LogP contribution in [-0.4, -0.2) is 29.2 Å². The molecule has 0 amide bonds. The van der Waals surface area contributed by atoms with E-state index >= 15 is 0 Å². The van der Waals surface area contributed by atoms with Crippen LogP contribution in [0, 0.1) is 5.82 Å². The van der Waals surface area contributed by atoms with Gasteiger partial charge in [0.25, 0.3) is 0 Å². The largest absolute Gasteiger partial charge is 0.379 e. The molecule has 0 aliphatic carbocycles. The first-order valence-corrected chi connectivity index (χ1v) is 5.59. The number of rotatable bonds is 1. The summed E-state index contributed by atoms with van der Waals surface area (Å²) in [5, 5.41) is 0. The van der Waals surface area contributed by atoms with Crippen LogP contribution in [0.25, 0.3) is 11.0 Å². The standard InChI is InChI=1S/C12H14FN3O/c1-12(6-17-5-9(12)14)11-15-8-4-2-3-7(13)10(8)16-11/h2-4,9H,5-6,14H2,1H3,(H,15,16). The molecular formula is C12H14FN3O. The second kappa shape index (κ2) is 3.51. The van der Waals surface area contributed by atoms with Gasteiger partial charge in [-0.25, -0.2) is 9.37 Å². The fraction of sp³-hybridized carbons (Fsp3) is 0.417. The Bertz CT molecular complexity index is 568. The number of nitrogens with zero attached hydrogens (tertiary/aromatic N) is 1. The summed E-state index contributed by atoms with van der Waals surface area (Å²) in [6.07, 6.45) is 0. The van der Waals surface area contributed by atoms with Gasteiger partial charge in [-0.2, -0.15) is 0 Å². The van der Waals surface area contributed by atoms with Crippen molar-refractivity contribution >= 4 is 11.0 Å². The van der Waals surface area contributed by atoms with Gasteiger partial charge in [-0.15, -0.1) is 0 Å². The average Bonchev–Trinajstić information content (AvgIpc) is 2.86. The molecule has 2 heterocycles. The highest BCUT2D eigenvalue weighted by Crippen LogP contribution is 2.31. The van der Waals surface area contributed by atoms with Gasteiger partial charge in [-0.1, -0.05) is 6.07 Å². The first-order chi connectivity index (χ1) is 8.11. The van der Waals surface area contributed by atoms with Crippen molar-refractivity contribution in [2.24, 2.45) is 5.73 Å². The summed E-state index contributed by atoms with van der Waals surface area (Å²) in [6, 6.07) is 4.75. The second-order valence-corrected chi connectivity index (χ2v) is 4.76. The number of nitrogens with two attached hydrogens (primary N) is 1. The SMILES string of the molecule is CC1(c2nc3c(F)cccc3[nH]2)COCC1N. The fourth-order valence-corrected chi connectivity index (χ4v) is 2.20. The number of benzene rings is 1. The number of aromatic amines is 1. The summed E-state index contributed by atoms with van der Waals surface area (Å²) >= 11 is 0. The van der Waals surface area contributed by atoms with E-state index in [9.17, 15) is 4.39 Å². The van der Waals surface area contributed by atoms with Crippen molar-refractivity contribution in [2.75, 3.05) is 13.2 Å². The fourth-order valence-electron chi connectivity index (χ4n) is 2.20. The summed E-state index contributed by atoms with van der Waals surface area (Å²) in [7, 11) is 0. The summed E-state index contributed by atoms with van der Waals surface area (Å²) < 4.78 is 18.9. The van der Waals surface area contributed by atoms with E-state index in [2.05, 4.69) is 9.97 Å². The van der Waals surface area contributed by atoms with E-state index in [0.717, 1.165) is 0 Å². The van der Waals surface area contributed by atoms with Crippen LogP contribution in [-0.2, 0) is 10.2 Å². The van der Waals surface area contributed by atoms with Crippen LogP contribution >= 0.6 is 0 Å². The van der Waals surface area contributed by atoms with Crippen LogP contribution in [0.2, 0.25) is 0 Å². The Kier molecular flexibility index (Phi) is 2.21. The van der Waals surface area contributed by atoms with E-state index in [1.54, 1.807) is 12.1 Å². The number of hydrogen-bond acceptors (Lipinski definition) is 3. The number of H-pyrrole nitrogens is 1. The van der Waals surface area contributed by atoms with Crippen LogP contribution in [0.1, 0.15) is 12.7 Å². The van der Waals surface area contributed by atoms with E-state index in [4.69, 9.17) is 10.5 Å². The summed E-state index contributed by atoms with van der Waals surface area (Å²) in [4.78, 5) is 7.46. The quantitative estimate of drug-likeness (QED) is 0.783. The molecule has 0 bridgehead atoms. The maximum absolute atomic E-state index is 13.6. The number of aromatic nitrogens is 2. The maximum Gasteiger partial charge on any atom is 0.151 e.